The van der Waals surface area contributed by atoms with Crippen molar-refractivity contribution in [3.63, 3.8) is 0 Å². The van der Waals surface area contributed by atoms with E-state index < -0.39 is 0 Å². The molecule has 0 saturated carbocycles. The molecule has 74 valence electrons. The Morgan fingerprint density at radius 3 is 2.54 bits per heavy atom. The van der Waals surface area contributed by atoms with Crippen LogP contribution in [0.15, 0.2) is 6.20 Å². The van der Waals surface area contributed by atoms with Gasteiger partial charge in [-0.05, 0) is 12.8 Å². The van der Waals surface area contributed by atoms with Gasteiger partial charge in [0.15, 0.2) is 5.82 Å². The van der Waals surface area contributed by atoms with E-state index in [0.717, 1.165) is 24.3 Å². The van der Waals surface area contributed by atoms with Crippen molar-refractivity contribution in [2.45, 2.75) is 32.7 Å². The molecule has 0 aromatic carbocycles. The van der Waals surface area contributed by atoms with Crippen molar-refractivity contribution in [1.29, 1.82) is 0 Å². The summed E-state index contributed by atoms with van der Waals surface area (Å²) in [5.74, 6) is 0.802. The van der Waals surface area contributed by atoms with Gasteiger partial charge in [0.2, 0.25) is 0 Å². The average Bonchev–Trinajstić information content (AvgIpc) is 2.41. The quantitative estimate of drug-likeness (QED) is 0.743. The number of nitrogens with two attached hydrogens (primary N) is 1. The molecule has 3 N–H and O–H groups in total. The summed E-state index contributed by atoms with van der Waals surface area (Å²) in [6.45, 7) is 4.31. The van der Waals surface area contributed by atoms with Gasteiger partial charge in [0, 0.05) is 19.3 Å². The second kappa shape index (κ2) is 4.16. The highest BCUT2D eigenvalue weighted by Crippen LogP contribution is 2.16. The monoisotopic (exact) mass is 182 g/mol. The molecule has 1 aromatic rings. The number of nitrogens with one attached hydrogen (secondary N) is 1. The first-order valence-corrected chi connectivity index (χ1v) is 4.73. The largest absolute Gasteiger partial charge is 0.394 e. The van der Waals surface area contributed by atoms with Crippen molar-refractivity contribution in [2.24, 2.45) is 7.05 Å². The first-order chi connectivity index (χ1) is 6.17. The molecule has 4 heteroatoms. The van der Waals surface area contributed by atoms with Crippen LogP contribution in [0.3, 0.4) is 0 Å². The van der Waals surface area contributed by atoms with E-state index in [1.165, 1.54) is 0 Å². The number of aromatic nitrogens is 2. The highest BCUT2D eigenvalue weighted by Gasteiger charge is 2.08. The second-order valence-electron chi connectivity index (χ2n) is 3.26. The van der Waals surface area contributed by atoms with Gasteiger partial charge in [-0.25, -0.2) is 0 Å². The summed E-state index contributed by atoms with van der Waals surface area (Å²) in [6.07, 6.45) is 3.99. The number of aryl methyl sites for hydroxylation is 1. The summed E-state index contributed by atoms with van der Waals surface area (Å²) in [5.41, 5.74) is 6.47. The second-order valence-corrected chi connectivity index (χ2v) is 3.26. The lowest BCUT2D eigenvalue weighted by Gasteiger charge is -2.13. The molecule has 0 spiro atoms. The average molecular weight is 182 g/mol. The molecule has 0 aliphatic rings. The van der Waals surface area contributed by atoms with Gasteiger partial charge in [-0.2, -0.15) is 5.10 Å². The van der Waals surface area contributed by atoms with Gasteiger partial charge in [-0.1, -0.05) is 13.8 Å². The zero-order valence-electron chi connectivity index (χ0n) is 8.54. The molecule has 13 heavy (non-hydrogen) atoms. The molecule has 0 atom stereocenters. The molecule has 0 fully saturated rings. The summed E-state index contributed by atoms with van der Waals surface area (Å²) in [5, 5.41) is 7.54. The first-order valence-electron chi connectivity index (χ1n) is 4.73. The molecule has 0 aliphatic heterocycles. The molecule has 1 heterocycles. The number of nitrogen functional groups attached to an aromatic ring is 1. The number of hydrogen-bond acceptors (Lipinski definition) is 3. The summed E-state index contributed by atoms with van der Waals surface area (Å²) in [6, 6.07) is 0.470. The van der Waals surface area contributed by atoms with E-state index in [1.807, 2.05) is 13.2 Å². The third kappa shape index (κ3) is 2.37. The highest BCUT2D eigenvalue weighted by atomic mass is 15.3. The minimum absolute atomic E-state index is 0.470. The topological polar surface area (TPSA) is 55.9 Å². The van der Waals surface area contributed by atoms with Gasteiger partial charge in [0.05, 0.1) is 5.69 Å². The van der Waals surface area contributed by atoms with E-state index in [9.17, 15) is 0 Å². The van der Waals surface area contributed by atoms with Gasteiger partial charge in [-0.3, -0.25) is 4.68 Å². The molecule has 0 saturated heterocycles. The maximum absolute atomic E-state index is 5.75. The fraction of sp³-hybridized carbons (Fsp3) is 0.667. The Hall–Kier alpha value is -1.19. The Kier molecular flexibility index (Phi) is 3.17. The minimum atomic E-state index is 0.470. The van der Waals surface area contributed by atoms with E-state index in [2.05, 4.69) is 24.3 Å². The zero-order chi connectivity index (χ0) is 9.84. The normalized spacial score (nSPS) is 10.8. The van der Waals surface area contributed by atoms with Crippen molar-refractivity contribution in [3.05, 3.63) is 6.20 Å². The number of hydrogen-bond donors (Lipinski definition) is 2. The SMILES string of the molecule is CCC(CC)Nc1nn(C)cc1N. The van der Waals surface area contributed by atoms with Gasteiger partial charge in [0.25, 0.3) is 0 Å². The van der Waals surface area contributed by atoms with Crippen LogP contribution in [0, 0.1) is 0 Å². The standard InChI is InChI=1S/C9H18N4/c1-4-7(5-2)11-9-8(10)6-13(3)12-9/h6-7H,4-5,10H2,1-3H3,(H,11,12). The summed E-state index contributed by atoms with van der Waals surface area (Å²) < 4.78 is 1.72. The molecular weight excluding hydrogens is 164 g/mol. The van der Waals surface area contributed by atoms with Crippen molar-refractivity contribution >= 4 is 11.5 Å². The van der Waals surface area contributed by atoms with Crippen LogP contribution in [0.1, 0.15) is 26.7 Å². The van der Waals surface area contributed by atoms with Crippen LogP contribution in [0.25, 0.3) is 0 Å². The van der Waals surface area contributed by atoms with Gasteiger partial charge >= 0.3 is 0 Å². The fourth-order valence-electron chi connectivity index (χ4n) is 1.31. The van der Waals surface area contributed by atoms with Gasteiger partial charge in [-0.15, -0.1) is 0 Å². The molecule has 0 radical (unpaired) electrons. The van der Waals surface area contributed by atoms with E-state index >= 15 is 0 Å². The lowest BCUT2D eigenvalue weighted by molar-refractivity contribution is 0.663. The molecule has 0 aliphatic carbocycles. The van der Waals surface area contributed by atoms with Crippen LogP contribution < -0.4 is 11.1 Å². The lowest BCUT2D eigenvalue weighted by atomic mass is 10.2. The third-order valence-electron chi connectivity index (χ3n) is 2.18. The zero-order valence-corrected chi connectivity index (χ0v) is 8.54. The van der Waals surface area contributed by atoms with Crippen LogP contribution in [0.2, 0.25) is 0 Å². The van der Waals surface area contributed by atoms with Crippen molar-refractivity contribution < 1.29 is 0 Å². The van der Waals surface area contributed by atoms with Crippen molar-refractivity contribution in [3.8, 4) is 0 Å². The summed E-state index contributed by atoms with van der Waals surface area (Å²) >= 11 is 0. The molecule has 0 amide bonds. The Labute approximate surface area is 79.1 Å². The van der Waals surface area contributed by atoms with Crippen LogP contribution in [-0.4, -0.2) is 15.8 Å². The molecule has 1 aromatic heterocycles. The van der Waals surface area contributed by atoms with Crippen LogP contribution >= 0.6 is 0 Å². The van der Waals surface area contributed by atoms with E-state index in [4.69, 9.17) is 5.73 Å². The Bertz CT molecular complexity index is 263. The highest BCUT2D eigenvalue weighted by molar-refractivity contribution is 5.60. The third-order valence-corrected chi connectivity index (χ3v) is 2.18. The van der Waals surface area contributed by atoms with E-state index in [1.54, 1.807) is 4.68 Å². The number of anilines is 2. The van der Waals surface area contributed by atoms with Gasteiger partial charge in [0.1, 0.15) is 0 Å². The predicted molar refractivity (Wildman–Crippen MR) is 55.6 cm³/mol. The van der Waals surface area contributed by atoms with Crippen LogP contribution in [-0.2, 0) is 7.05 Å². The first kappa shape index (κ1) is 9.89. The van der Waals surface area contributed by atoms with E-state index in [0.29, 0.717) is 6.04 Å². The lowest BCUT2D eigenvalue weighted by Crippen LogP contribution is -2.18. The molecule has 0 bridgehead atoms. The molecule has 1 rings (SSSR count). The molecule has 4 nitrogen and oxygen atoms in total. The molecule has 0 unspecified atom stereocenters. The van der Waals surface area contributed by atoms with Crippen molar-refractivity contribution in [1.82, 2.24) is 9.78 Å². The number of rotatable bonds is 4. The fourth-order valence-corrected chi connectivity index (χ4v) is 1.31. The predicted octanol–water partition coefficient (Wildman–Crippen LogP) is 1.60. The maximum atomic E-state index is 5.75. The smallest absolute Gasteiger partial charge is 0.171 e. The molecular formula is C9H18N4. The van der Waals surface area contributed by atoms with Crippen LogP contribution in [0.4, 0.5) is 11.5 Å². The Morgan fingerprint density at radius 1 is 1.54 bits per heavy atom. The van der Waals surface area contributed by atoms with Gasteiger partial charge < -0.3 is 11.1 Å². The van der Waals surface area contributed by atoms with E-state index in [-0.39, 0.29) is 0 Å². The van der Waals surface area contributed by atoms with Crippen LogP contribution in [0.5, 0.6) is 0 Å². The summed E-state index contributed by atoms with van der Waals surface area (Å²) in [7, 11) is 1.87. The number of nitrogens with zero attached hydrogens (tertiary/aromatic N) is 2. The maximum Gasteiger partial charge on any atom is 0.171 e. The summed E-state index contributed by atoms with van der Waals surface area (Å²) in [4.78, 5) is 0. The Balaban J connectivity index is 2.67. The minimum Gasteiger partial charge on any atom is -0.394 e. The van der Waals surface area contributed by atoms with Crippen molar-refractivity contribution in [2.75, 3.05) is 11.1 Å². The Morgan fingerprint density at radius 2 is 2.15 bits per heavy atom.